The maximum atomic E-state index is 13.4. The summed E-state index contributed by atoms with van der Waals surface area (Å²) in [5.74, 6) is 1.01. The number of halogens is 1. The van der Waals surface area contributed by atoms with Crippen molar-refractivity contribution in [1.29, 1.82) is 0 Å². The summed E-state index contributed by atoms with van der Waals surface area (Å²) in [4.78, 5) is 28.6. The summed E-state index contributed by atoms with van der Waals surface area (Å²) in [5.41, 5.74) is 1.08. The Bertz CT molecular complexity index is 1420. The van der Waals surface area contributed by atoms with Crippen LogP contribution in [0.4, 0.5) is 21.0 Å². The van der Waals surface area contributed by atoms with Crippen molar-refractivity contribution in [3.8, 4) is 11.5 Å². The number of fused-ring (bicyclic) bond motifs is 1. The molecule has 2 aromatic heterocycles. The quantitative estimate of drug-likeness (QED) is 0.176. The average Bonchev–Trinajstić information content (AvgIpc) is 3.38. The lowest BCUT2D eigenvalue weighted by Gasteiger charge is -2.21. The number of carbonyl (C=O) groups excluding carboxylic acids is 1. The second-order valence-corrected chi connectivity index (χ2v) is 10.1. The van der Waals surface area contributed by atoms with Gasteiger partial charge in [-0.3, -0.25) is 4.79 Å². The number of carbonyl (C=O) groups is 1. The fraction of sp³-hybridized carbons (Fsp3) is 0.357. The molecule has 1 amide bonds. The predicted molar refractivity (Wildman–Crippen MR) is 154 cm³/mol. The number of nitrogens with zero attached hydrogens (tertiary/aromatic N) is 4. The van der Waals surface area contributed by atoms with Gasteiger partial charge in [0.1, 0.15) is 24.6 Å². The minimum absolute atomic E-state index is 0.103. The Hall–Kier alpha value is -3.87. The van der Waals surface area contributed by atoms with Crippen LogP contribution in [0.15, 0.2) is 48.9 Å². The number of unbranched alkanes of at least 4 members (excludes halogenated alkanes) is 1. The van der Waals surface area contributed by atoms with Gasteiger partial charge in [0.25, 0.3) is 0 Å². The number of thiazole rings is 1. The number of anilines is 3. The Labute approximate surface area is 236 Å². The van der Waals surface area contributed by atoms with Gasteiger partial charge >= 0.3 is 0 Å². The highest BCUT2D eigenvalue weighted by atomic mass is 32.1. The number of rotatable bonds is 15. The largest absolute Gasteiger partial charge is 0.493 e. The van der Waals surface area contributed by atoms with Crippen molar-refractivity contribution in [2.45, 2.75) is 26.2 Å². The molecule has 0 radical (unpaired) electrons. The molecule has 0 aliphatic rings. The van der Waals surface area contributed by atoms with Gasteiger partial charge in [-0.05, 0) is 50.2 Å². The Kier molecular flexibility index (Phi) is 10.6. The fourth-order valence-corrected chi connectivity index (χ4v) is 4.88. The lowest BCUT2D eigenvalue weighted by molar-refractivity contribution is -0.115. The lowest BCUT2D eigenvalue weighted by atomic mass is 10.2. The first-order valence-corrected chi connectivity index (χ1v) is 13.9. The summed E-state index contributed by atoms with van der Waals surface area (Å²) < 4.78 is 25.0. The molecule has 0 aliphatic heterocycles. The topological polar surface area (TPSA) is 122 Å². The molecule has 40 heavy (non-hydrogen) atoms. The number of aliphatic hydroxyl groups excluding tert-OH is 1. The van der Waals surface area contributed by atoms with Gasteiger partial charge in [-0.1, -0.05) is 13.0 Å². The number of amides is 1. The molecule has 4 rings (SSSR count). The highest BCUT2D eigenvalue weighted by Gasteiger charge is 2.14. The molecule has 2 heterocycles. The monoisotopic (exact) mass is 568 g/mol. The van der Waals surface area contributed by atoms with E-state index in [0.29, 0.717) is 40.3 Å². The molecule has 0 aliphatic carbocycles. The predicted octanol–water partition coefficient (Wildman–Crippen LogP) is 4.63. The highest BCUT2D eigenvalue weighted by Crippen LogP contribution is 2.35. The molecule has 4 aromatic rings. The van der Waals surface area contributed by atoms with Crippen molar-refractivity contribution in [1.82, 2.24) is 19.9 Å². The first-order chi connectivity index (χ1) is 19.5. The number of aromatic nitrogens is 3. The summed E-state index contributed by atoms with van der Waals surface area (Å²) >= 11 is 1.32. The zero-order valence-electron chi connectivity index (χ0n) is 22.5. The van der Waals surface area contributed by atoms with E-state index in [0.717, 1.165) is 42.7 Å². The van der Waals surface area contributed by atoms with Crippen LogP contribution in [0.25, 0.3) is 10.9 Å². The minimum atomic E-state index is -0.414. The van der Waals surface area contributed by atoms with Crippen LogP contribution in [0.2, 0.25) is 0 Å². The first-order valence-electron chi connectivity index (χ1n) is 13.0. The maximum absolute atomic E-state index is 13.4. The number of methoxy groups -OCH3 is 1. The Morgan fingerprint density at radius 2 is 2.00 bits per heavy atom. The van der Waals surface area contributed by atoms with Crippen LogP contribution in [0.3, 0.4) is 0 Å². The van der Waals surface area contributed by atoms with E-state index in [-0.39, 0.29) is 18.9 Å². The van der Waals surface area contributed by atoms with E-state index in [1.165, 1.54) is 35.9 Å². The smallest absolute Gasteiger partial charge is 0.229 e. The van der Waals surface area contributed by atoms with Gasteiger partial charge in [-0.25, -0.2) is 19.3 Å². The highest BCUT2D eigenvalue weighted by molar-refractivity contribution is 7.15. The Morgan fingerprint density at radius 3 is 2.77 bits per heavy atom. The summed E-state index contributed by atoms with van der Waals surface area (Å²) in [7, 11) is 1.58. The second kappa shape index (κ2) is 14.5. The third-order valence-electron chi connectivity index (χ3n) is 6.14. The summed E-state index contributed by atoms with van der Waals surface area (Å²) in [6, 6.07) is 9.41. The molecule has 0 unspecified atom stereocenters. The number of ether oxygens (including phenoxy) is 2. The van der Waals surface area contributed by atoms with E-state index in [2.05, 4.69) is 37.4 Å². The van der Waals surface area contributed by atoms with Crippen LogP contribution in [-0.4, -0.2) is 70.8 Å². The van der Waals surface area contributed by atoms with E-state index in [1.807, 2.05) is 12.1 Å². The summed E-state index contributed by atoms with van der Waals surface area (Å²) in [6.07, 6.45) is 4.92. The van der Waals surface area contributed by atoms with Crippen LogP contribution >= 0.6 is 11.3 Å². The van der Waals surface area contributed by atoms with Crippen molar-refractivity contribution in [2.24, 2.45) is 0 Å². The number of nitrogens with one attached hydrogen (secondary N) is 2. The number of hydrogen-bond donors (Lipinski definition) is 3. The van der Waals surface area contributed by atoms with Gasteiger partial charge in [-0.15, -0.1) is 11.3 Å². The SMILES string of the molecule is CCN(CCCCO)CCOc1cc2ncnc(Nc3ncc(CC(=O)Nc4cccc(F)c4)s3)c2cc1OC. The van der Waals surface area contributed by atoms with Crippen molar-refractivity contribution in [3.05, 3.63) is 59.6 Å². The molecular formula is C28H33FN6O4S. The summed E-state index contributed by atoms with van der Waals surface area (Å²) in [5, 5.41) is 16.2. The number of benzene rings is 2. The van der Waals surface area contributed by atoms with Gasteiger partial charge in [0.15, 0.2) is 16.6 Å². The van der Waals surface area contributed by atoms with Crippen LogP contribution in [0, 0.1) is 5.82 Å². The summed E-state index contributed by atoms with van der Waals surface area (Å²) in [6.45, 7) is 5.37. The van der Waals surface area contributed by atoms with Crippen LogP contribution in [0.1, 0.15) is 24.6 Å². The van der Waals surface area contributed by atoms with E-state index >= 15 is 0 Å². The zero-order valence-corrected chi connectivity index (χ0v) is 23.3. The van der Waals surface area contributed by atoms with Crippen LogP contribution in [-0.2, 0) is 11.2 Å². The molecule has 0 bridgehead atoms. The molecule has 2 aromatic carbocycles. The molecule has 212 valence electrons. The van der Waals surface area contributed by atoms with Crippen molar-refractivity contribution < 1.29 is 23.8 Å². The van der Waals surface area contributed by atoms with Gasteiger partial charge < -0.3 is 30.1 Å². The average molecular weight is 569 g/mol. The standard InChI is InChI=1S/C28H33FN6O4S/c1-3-35(9-4-5-11-36)10-12-39-25-16-23-22(15-24(25)38-2)27(32-18-31-23)34-28-30-17-21(40-28)14-26(37)33-20-8-6-7-19(29)13-20/h6-8,13,15-18,36H,3-5,9-12,14H2,1-2H3,(H,33,37)(H,30,31,32,34). The van der Waals surface area contributed by atoms with Gasteiger partial charge in [0.2, 0.25) is 5.91 Å². The molecule has 0 fully saturated rings. The second-order valence-electron chi connectivity index (χ2n) is 8.95. The lowest BCUT2D eigenvalue weighted by Crippen LogP contribution is -2.29. The van der Waals surface area contributed by atoms with Crippen molar-refractivity contribution in [3.63, 3.8) is 0 Å². The van der Waals surface area contributed by atoms with E-state index in [1.54, 1.807) is 19.4 Å². The third-order valence-corrected chi connectivity index (χ3v) is 7.05. The minimum Gasteiger partial charge on any atom is -0.493 e. The number of aliphatic hydroxyl groups is 1. The third kappa shape index (κ3) is 8.07. The fourth-order valence-electron chi connectivity index (χ4n) is 4.07. The molecular weight excluding hydrogens is 535 g/mol. The van der Waals surface area contributed by atoms with Crippen LogP contribution in [0.5, 0.6) is 11.5 Å². The van der Waals surface area contributed by atoms with Gasteiger partial charge in [0, 0.05) is 41.4 Å². The van der Waals surface area contributed by atoms with E-state index < -0.39 is 5.82 Å². The molecule has 0 spiro atoms. The van der Waals surface area contributed by atoms with E-state index in [4.69, 9.17) is 14.6 Å². The van der Waals surface area contributed by atoms with Crippen LogP contribution < -0.4 is 20.1 Å². The Balaban J connectivity index is 1.40. The molecule has 0 atom stereocenters. The van der Waals surface area contributed by atoms with E-state index in [9.17, 15) is 9.18 Å². The zero-order chi connectivity index (χ0) is 28.3. The first kappa shape index (κ1) is 29.1. The molecule has 0 saturated heterocycles. The number of likely N-dealkylation sites (N-methyl/N-ethyl adjacent to an activating group) is 1. The van der Waals surface area contributed by atoms with Crippen molar-refractivity contribution in [2.75, 3.05) is 50.6 Å². The molecule has 10 nitrogen and oxygen atoms in total. The van der Waals surface area contributed by atoms with Gasteiger partial charge in [-0.2, -0.15) is 0 Å². The molecule has 12 heteroatoms. The Morgan fingerprint density at radius 1 is 1.12 bits per heavy atom. The molecule has 3 N–H and O–H groups in total. The maximum Gasteiger partial charge on any atom is 0.229 e. The molecule has 0 saturated carbocycles. The normalized spacial score (nSPS) is 11.1. The van der Waals surface area contributed by atoms with Gasteiger partial charge in [0.05, 0.1) is 19.0 Å². The van der Waals surface area contributed by atoms with Crippen molar-refractivity contribution >= 4 is 44.8 Å². The number of hydrogen-bond acceptors (Lipinski definition) is 10.